The minimum atomic E-state index is -0.208. The summed E-state index contributed by atoms with van der Waals surface area (Å²) in [6.07, 6.45) is 2.02. The average Bonchev–Trinajstić information content (AvgIpc) is 2.40. The van der Waals surface area contributed by atoms with Gasteiger partial charge in [-0.15, -0.1) is 0 Å². The van der Waals surface area contributed by atoms with E-state index in [1.165, 1.54) is 0 Å². The fraction of sp³-hybridized carbons (Fsp3) is 0.200. The number of carbonyl (C=O) groups is 1. The zero-order valence-corrected chi connectivity index (χ0v) is 10.3. The molecule has 0 saturated heterocycles. The molecule has 0 unspecified atom stereocenters. The fourth-order valence-corrected chi connectivity index (χ4v) is 1.81. The number of pyridine rings is 1. The molecule has 1 aromatic carbocycles. The lowest BCUT2D eigenvalue weighted by molar-refractivity contribution is -0.142. The molecule has 0 aliphatic carbocycles. The third kappa shape index (κ3) is 2.94. The molecule has 3 heteroatoms. The number of carbonyl (C=O) groups excluding carboxylic acids is 1. The van der Waals surface area contributed by atoms with Crippen molar-refractivity contribution in [3.63, 3.8) is 0 Å². The highest BCUT2D eigenvalue weighted by Gasteiger charge is 2.10. The number of hydrogen-bond acceptors (Lipinski definition) is 3. The van der Waals surface area contributed by atoms with Crippen LogP contribution in [0.25, 0.3) is 11.3 Å². The third-order valence-electron chi connectivity index (χ3n) is 2.60. The normalized spacial score (nSPS) is 10.1. The topological polar surface area (TPSA) is 39.2 Å². The molecule has 2 aromatic rings. The van der Waals surface area contributed by atoms with Crippen LogP contribution in [0.15, 0.2) is 48.7 Å². The third-order valence-corrected chi connectivity index (χ3v) is 2.60. The quantitative estimate of drug-likeness (QED) is 0.773. The maximum atomic E-state index is 11.6. The summed E-state index contributed by atoms with van der Waals surface area (Å²) in [4.78, 5) is 15.9. The van der Waals surface area contributed by atoms with E-state index in [-0.39, 0.29) is 12.4 Å². The van der Waals surface area contributed by atoms with Crippen LogP contribution in [0.3, 0.4) is 0 Å². The Labute approximate surface area is 106 Å². The lowest BCUT2D eigenvalue weighted by Gasteiger charge is -2.08. The predicted octanol–water partition coefficient (Wildman–Crippen LogP) is 2.85. The Kier molecular flexibility index (Phi) is 4.07. The van der Waals surface area contributed by atoms with Crippen LogP contribution in [-0.4, -0.2) is 17.6 Å². The molecule has 0 spiro atoms. The summed E-state index contributed by atoms with van der Waals surface area (Å²) in [5, 5.41) is 0. The molecule has 0 saturated carbocycles. The van der Waals surface area contributed by atoms with E-state index in [0.717, 1.165) is 16.8 Å². The van der Waals surface area contributed by atoms with Gasteiger partial charge < -0.3 is 4.74 Å². The van der Waals surface area contributed by atoms with Crippen LogP contribution in [0, 0.1) is 0 Å². The molecule has 0 aliphatic heterocycles. The van der Waals surface area contributed by atoms with Crippen LogP contribution in [0.1, 0.15) is 12.5 Å². The highest BCUT2D eigenvalue weighted by Crippen LogP contribution is 2.21. The SMILES string of the molecule is CCOC(=O)Cc1ccccc1-c1ccccn1. The van der Waals surface area contributed by atoms with Crippen molar-refractivity contribution in [1.29, 1.82) is 0 Å². The summed E-state index contributed by atoms with van der Waals surface area (Å²) in [6, 6.07) is 13.5. The molecule has 3 nitrogen and oxygen atoms in total. The Hall–Kier alpha value is -2.16. The first-order chi connectivity index (χ1) is 8.81. The van der Waals surface area contributed by atoms with E-state index in [9.17, 15) is 4.79 Å². The maximum absolute atomic E-state index is 11.6. The predicted molar refractivity (Wildman–Crippen MR) is 70.0 cm³/mol. The standard InChI is InChI=1S/C15H15NO2/c1-2-18-15(17)11-12-7-3-4-8-13(12)14-9-5-6-10-16-14/h3-10H,2,11H2,1H3. The molecule has 0 atom stereocenters. The average molecular weight is 241 g/mol. The number of benzene rings is 1. The lowest BCUT2D eigenvalue weighted by Crippen LogP contribution is -2.08. The number of esters is 1. The molecule has 1 aromatic heterocycles. The van der Waals surface area contributed by atoms with Gasteiger partial charge >= 0.3 is 5.97 Å². The highest BCUT2D eigenvalue weighted by atomic mass is 16.5. The van der Waals surface area contributed by atoms with Crippen molar-refractivity contribution in [1.82, 2.24) is 4.98 Å². The van der Waals surface area contributed by atoms with Crippen LogP contribution < -0.4 is 0 Å². The minimum Gasteiger partial charge on any atom is -0.466 e. The van der Waals surface area contributed by atoms with E-state index in [1.807, 2.05) is 49.4 Å². The van der Waals surface area contributed by atoms with Gasteiger partial charge in [-0.3, -0.25) is 9.78 Å². The summed E-state index contributed by atoms with van der Waals surface area (Å²) < 4.78 is 4.98. The molecule has 2 rings (SSSR count). The van der Waals surface area contributed by atoms with Crippen LogP contribution in [0.2, 0.25) is 0 Å². The molecule has 0 amide bonds. The number of rotatable bonds is 4. The molecule has 92 valence electrons. The van der Waals surface area contributed by atoms with Gasteiger partial charge in [-0.1, -0.05) is 30.3 Å². The van der Waals surface area contributed by atoms with Gasteiger partial charge in [0.15, 0.2) is 0 Å². The lowest BCUT2D eigenvalue weighted by atomic mass is 10.0. The monoisotopic (exact) mass is 241 g/mol. The summed E-state index contributed by atoms with van der Waals surface area (Å²) in [5.74, 6) is -0.208. The van der Waals surface area contributed by atoms with Gasteiger partial charge in [-0.05, 0) is 24.6 Å². The van der Waals surface area contributed by atoms with Crippen LogP contribution in [-0.2, 0) is 16.0 Å². The summed E-state index contributed by atoms with van der Waals surface area (Å²) in [7, 11) is 0. The smallest absolute Gasteiger partial charge is 0.310 e. The molecular weight excluding hydrogens is 226 g/mol. The first-order valence-corrected chi connectivity index (χ1v) is 5.96. The largest absolute Gasteiger partial charge is 0.466 e. The highest BCUT2D eigenvalue weighted by molar-refractivity contribution is 5.76. The molecule has 0 radical (unpaired) electrons. The number of ether oxygens (including phenoxy) is 1. The number of aromatic nitrogens is 1. The van der Waals surface area contributed by atoms with Crippen molar-refractivity contribution in [3.8, 4) is 11.3 Å². The van der Waals surface area contributed by atoms with Gasteiger partial charge in [0.1, 0.15) is 0 Å². The number of hydrogen-bond donors (Lipinski definition) is 0. The first-order valence-electron chi connectivity index (χ1n) is 5.96. The van der Waals surface area contributed by atoms with Crippen molar-refractivity contribution in [2.45, 2.75) is 13.3 Å². The van der Waals surface area contributed by atoms with E-state index in [0.29, 0.717) is 6.61 Å². The van der Waals surface area contributed by atoms with Gasteiger partial charge in [-0.25, -0.2) is 0 Å². The van der Waals surface area contributed by atoms with Gasteiger partial charge in [0, 0.05) is 11.8 Å². The zero-order chi connectivity index (χ0) is 12.8. The van der Waals surface area contributed by atoms with Gasteiger partial charge in [0.2, 0.25) is 0 Å². The second kappa shape index (κ2) is 5.96. The number of nitrogens with zero attached hydrogens (tertiary/aromatic N) is 1. The van der Waals surface area contributed by atoms with Crippen molar-refractivity contribution >= 4 is 5.97 Å². The van der Waals surface area contributed by atoms with Crippen molar-refractivity contribution < 1.29 is 9.53 Å². The second-order valence-corrected chi connectivity index (χ2v) is 3.85. The van der Waals surface area contributed by atoms with Crippen molar-refractivity contribution in [2.75, 3.05) is 6.61 Å². The van der Waals surface area contributed by atoms with Gasteiger partial charge in [0.05, 0.1) is 18.7 Å². The molecule has 0 fully saturated rings. The van der Waals surface area contributed by atoms with Crippen LogP contribution in [0.5, 0.6) is 0 Å². The van der Waals surface area contributed by atoms with Gasteiger partial charge in [0.25, 0.3) is 0 Å². The van der Waals surface area contributed by atoms with Crippen molar-refractivity contribution in [2.24, 2.45) is 0 Å². The van der Waals surface area contributed by atoms with Crippen LogP contribution in [0.4, 0.5) is 0 Å². The molecule has 0 N–H and O–H groups in total. The molecule has 0 bridgehead atoms. The van der Waals surface area contributed by atoms with Crippen LogP contribution >= 0.6 is 0 Å². The Balaban J connectivity index is 2.29. The Morgan fingerprint density at radius 1 is 1.17 bits per heavy atom. The Bertz CT molecular complexity index is 523. The van der Waals surface area contributed by atoms with E-state index >= 15 is 0 Å². The Morgan fingerprint density at radius 3 is 2.67 bits per heavy atom. The first kappa shape index (κ1) is 12.3. The Morgan fingerprint density at radius 2 is 1.94 bits per heavy atom. The van der Waals surface area contributed by atoms with E-state index in [2.05, 4.69) is 4.98 Å². The van der Waals surface area contributed by atoms with Crippen molar-refractivity contribution in [3.05, 3.63) is 54.2 Å². The van der Waals surface area contributed by atoms with E-state index in [4.69, 9.17) is 4.74 Å². The maximum Gasteiger partial charge on any atom is 0.310 e. The summed E-state index contributed by atoms with van der Waals surface area (Å²) in [6.45, 7) is 2.22. The fourth-order valence-electron chi connectivity index (χ4n) is 1.81. The second-order valence-electron chi connectivity index (χ2n) is 3.85. The molecular formula is C15H15NO2. The van der Waals surface area contributed by atoms with E-state index < -0.39 is 0 Å². The minimum absolute atomic E-state index is 0.208. The van der Waals surface area contributed by atoms with E-state index in [1.54, 1.807) is 6.20 Å². The van der Waals surface area contributed by atoms with Gasteiger partial charge in [-0.2, -0.15) is 0 Å². The zero-order valence-electron chi connectivity index (χ0n) is 10.3. The molecule has 1 heterocycles. The molecule has 18 heavy (non-hydrogen) atoms. The summed E-state index contributed by atoms with van der Waals surface area (Å²) in [5.41, 5.74) is 2.79. The molecule has 0 aliphatic rings. The summed E-state index contributed by atoms with van der Waals surface area (Å²) >= 11 is 0.